The number of thioether (sulfide) groups is 1. The van der Waals surface area contributed by atoms with Gasteiger partial charge in [0.2, 0.25) is 11.8 Å². The number of hydrogen-bond acceptors (Lipinski definition) is 4. The van der Waals surface area contributed by atoms with E-state index in [2.05, 4.69) is 13.8 Å². The van der Waals surface area contributed by atoms with Crippen LogP contribution in [0.25, 0.3) is 0 Å². The van der Waals surface area contributed by atoms with Gasteiger partial charge < -0.3 is 14.9 Å². The van der Waals surface area contributed by atoms with Crippen molar-refractivity contribution in [1.29, 1.82) is 0 Å². The number of carbonyl (C=O) groups is 3. The first-order valence-corrected chi connectivity index (χ1v) is 9.47. The maximum atomic E-state index is 12.9. The lowest BCUT2D eigenvalue weighted by Crippen LogP contribution is -2.62. The van der Waals surface area contributed by atoms with Crippen LogP contribution < -0.4 is 0 Å². The third-order valence-electron chi connectivity index (χ3n) is 5.13. The molecule has 1 unspecified atom stereocenters. The molecule has 1 aromatic rings. The van der Waals surface area contributed by atoms with E-state index in [1.54, 1.807) is 28.8 Å². The SMILES string of the molecule is CCC1(CC)SCC2C(=O)N(Cc3ccc(C(=O)O)cc3)CC(=O)N21. The molecule has 1 N–H and O–H groups in total. The molecule has 25 heavy (non-hydrogen) atoms. The second kappa shape index (κ2) is 6.71. The highest BCUT2D eigenvalue weighted by Gasteiger charge is 2.53. The summed E-state index contributed by atoms with van der Waals surface area (Å²) in [6.07, 6.45) is 1.67. The maximum absolute atomic E-state index is 12.9. The summed E-state index contributed by atoms with van der Waals surface area (Å²) < 4.78 is 0. The van der Waals surface area contributed by atoms with Crippen LogP contribution in [0.4, 0.5) is 0 Å². The summed E-state index contributed by atoms with van der Waals surface area (Å²) in [6.45, 7) is 4.53. The van der Waals surface area contributed by atoms with Crippen LogP contribution in [0.2, 0.25) is 0 Å². The number of hydrogen-bond donors (Lipinski definition) is 1. The Morgan fingerprint density at radius 2 is 1.88 bits per heavy atom. The van der Waals surface area contributed by atoms with E-state index in [9.17, 15) is 14.4 Å². The predicted octanol–water partition coefficient (Wildman–Crippen LogP) is 2.19. The van der Waals surface area contributed by atoms with E-state index >= 15 is 0 Å². The summed E-state index contributed by atoms with van der Waals surface area (Å²) >= 11 is 1.71. The number of benzene rings is 1. The van der Waals surface area contributed by atoms with E-state index in [4.69, 9.17) is 5.11 Å². The molecule has 2 amide bonds. The fourth-order valence-electron chi connectivity index (χ4n) is 3.67. The van der Waals surface area contributed by atoms with E-state index < -0.39 is 5.97 Å². The number of aromatic carboxylic acids is 1. The van der Waals surface area contributed by atoms with Crippen molar-refractivity contribution >= 4 is 29.5 Å². The normalized spacial score (nSPS) is 22.2. The topological polar surface area (TPSA) is 77.9 Å². The molecule has 0 bridgehead atoms. The second-order valence-corrected chi connectivity index (χ2v) is 7.82. The van der Waals surface area contributed by atoms with Gasteiger partial charge in [0.25, 0.3) is 0 Å². The number of rotatable bonds is 5. The van der Waals surface area contributed by atoms with Crippen LogP contribution in [-0.4, -0.2) is 55.9 Å². The van der Waals surface area contributed by atoms with Gasteiger partial charge in [0.05, 0.1) is 10.4 Å². The van der Waals surface area contributed by atoms with Crippen LogP contribution in [-0.2, 0) is 16.1 Å². The molecular weight excluding hydrogens is 340 g/mol. The minimum atomic E-state index is -0.982. The Morgan fingerprint density at radius 3 is 2.44 bits per heavy atom. The molecule has 2 aliphatic heterocycles. The Bertz CT molecular complexity index is 700. The number of nitrogens with zero attached hydrogens (tertiary/aromatic N) is 2. The van der Waals surface area contributed by atoms with Gasteiger partial charge >= 0.3 is 5.97 Å². The van der Waals surface area contributed by atoms with Gasteiger partial charge in [0.1, 0.15) is 12.6 Å². The van der Waals surface area contributed by atoms with Gasteiger partial charge in [-0.2, -0.15) is 0 Å². The number of carbonyl (C=O) groups excluding carboxylic acids is 2. The molecule has 0 aliphatic carbocycles. The van der Waals surface area contributed by atoms with Gasteiger partial charge in [-0.05, 0) is 30.5 Å². The molecule has 2 fully saturated rings. The Labute approximate surface area is 151 Å². The van der Waals surface area contributed by atoms with Crippen molar-refractivity contribution in [2.45, 2.75) is 44.1 Å². The van der Waals surface area contributed by atoms with E-state index in [0.29, 0.717) is 12.3 Å². The molecule has 0 saturated carbocycles. The zero-order chi connectivity index (χ0) is 18.2. The summed E-state index contributed by atoms with van der Waals surface area (Å²) in [5, 5.41) is 8.96. The molecule has 3 rings (SSSR count). The number of carboxylic acid groups (broad SMARTS) is 1. The standard InChI is InChI=1S/C18H22N2O4S/c1-3-18(4-2)20-14(11-25-18)16(22)19(10-15(20)21)9-12-5-7-13(8-6-12)17(23)24/h5-8,14H,3-4,9-11H2,1-2H3,(H,23,24). The highest BCUT2D eigenvalue weighted by molar-refractivity contribution is 8.01. The highest BCUT2D eigenvalue weighted by atomic mass is 32.2. The van der Waals surface area contributed by atoms with Crippen LogP contribution in [0, 0.1) is 0 Å². The average Bonchev–Trinajstić information content (AvgIpc) is 3.01. The zero-order valence-electron chi connectivity index (χ0n) is 14.4. The minimum Gasteiger partial charge on any atom is -0.478 e. The van der Waals surface area contributed by atoms with Crippen LogP contribution in [0.1, 0.15) is 42.6 Å². The van der Waals surface area contributed by atoms with Crippen molar-refractivity contribution in [3.63, 3.8) is 0 Å². The highest BCUT2D eigenvalue weighted by Crippen LogP contribution is 2.46. The van der Waals surface area contributed by atoms with Crippen molar-refractivity contribution < 1.29 is 19.5 Å². The van der Waals surface area contributed by atoms with Crippen molar-refractivity contribution in [1.82, 2.24) is 9.80 Å². The van der Waals surface area contributed by atoms with Gasteiger partial charge in [-0.25, -0.2) is 4.79 Å². The fraction of sp³-hybridized carbons (Fsp3) is 0.500. The van der Waals surface area contributed by atoms with E-state index in [-0.39, 0.29) is 34.8 Å². The lowest BCUT2D eigenvalue weighted by Gasteiger charge is -2.44. The number of amides is 2. The van der Waals surface area contributed by atoms with Crippen molar-refractivity contribution in [3.8, 4) is 0 Å². The van der Waals surface area contributed by atoms with Gasteiger partial charge in [0, 0.05) is 12.3 Å². The number of fused-ring (bicyclic) bond motifs is 1. The third kappa shape index (κ3) is 3.01. The first-order chi connectivity index (χ1) is 11.9. The van der Waals surface area contributed by atoms with Crippen molar-refractivity contribution in [2.24, 2.45) is 0 Å². The predicted molar refractivity (Wildman–Crippen MR) is 95.2 cm³/mol. The quantitative estimate of drug-likeness (QED) is 0.869. The smallest absolute Gasteiger partial charge is 0.335 e. The largest absolute Gasteiger partial charge is 0.478 e. The van der Waals surface area contributed by atoms with Crippen LogP contribution in [0.5, 0.6) is 0 Å². The van der Waals surface area contributed by atoms with E-state index in [1.165, 1.54) is 12.1 Å². The molecule has 0 spiro atoms. The summed E-state index contributed by atoms with van der Waals surface area (Å²) in [5.41, 5.74) is 1.03. The molecule has 2 saturated heterocycles. The van der Waals surface area contributed by atoms with E-state index in [0.717, 1.165) is 18.4 Å². The monoisotopic (exact) mass is 362 g/mol. The minimum absolute atomic E-state index is 0.000422. The molecule has 1 atom stereocenters. The summed E-state index contributed by atoms with van der Waals surface area (Å²) in [6, 6.07) is 6.04. The number of carboxylic acids is 1. The van der Waals surface area contributed by atoms with Gasteiger partial charge in [-0.15, -0.1) is 11.8 Å². The first kappa shape index (κ1) is 17.8. The average molecular weight is 362 g/mol. The molecule has 2 aliphatic rings. The van der Waals surface area contributed by atoms with Crippen LogP contribution in [0.15, 0.2) is 24.3 Å². The lowest BCUT2D eigenvalue weighted by atomic mass is 10.0. The Morgan fingerprint density at radius 1 is 1.24 bits per heavy atom. The van der Waals surface area contributed by atoms with Gasteiger partial charge in [0.15, 0.2) is 0 Å². The molecule has 7 heteroatoms. The summed E-state index contributed by atoms with van der Waals surface area (Å²) in [7, 11) is 0. The van der Waals surface area contributed by atoms with Gasteiger partial charge in [-0.3, -0.25) is 9.59 Å². The van der Waals surface area contributed by atoms with Gasteiger partial charge in [-0.1, -0.05) is 26.0 Å². The molecular formula is C18H22N2O4S. The maximum Gasteiger partial charge on any atom is 0.335 e. The molecule has 0 radical (unpaired) electrons. The Balaban J connectivity index is 1.77. The van der Waals surface area contributed by atoms with Crippen LogP contribution in [0.3, 0.4) is 0 Å². The molecule has 1 aromatic carbocycles. The zero-order valence-corrected chi connectivity index (χ0v) is 15.2. The molecule has 6 nitrogen and oxygen atoms in total. The first-order valence-electron chi connectivity index (χ1n) is 8.49. The Hall–Kier alpha value is -2.02. The molecule has 0 aromatic heterocycles. The third-order valence-corrected chi connectivity index (χ3v) is 6.93. The second-order valence-electron chi connectivity index (χ2n) is 6.44. The molecule has 134 valence electrons. The van der Waals surface area contributed by atoms with Crippen molar-refractivity contribution in [2.75, 3.05) is 12.3 Å². The number of piperazine rings is 1. The van der Waals surface area contributed by atoms with E-state index in [1.807, 2.05) is 4.90 Å². The fourth-order valence-corrected chi connectivity index (χ4v) is 5.21. The van der Waals surface area contributed by atoms with Crippen molar-refractivity contribution in [3.05, 3.63) is 35.4 Å². The van der Waals surface area contributed by atoms with Crippen LogP contribution >= 0.6 is 11.8 Å². The summed E-state index contributed by atoms with van der Waals surface area (Å²) in [5.74, 6) is -0.357. The lowest BCUT2D eigenvalue weighted by molar-refractivity contribution is -0.158. The Kier molecular flexibility index (Phi) is 4.77. The molecule has 2 heterocycles. The summed E-state index contributed by atoms with van der Waals surface area (Å²) in [4.78, 5) is 39.7.